The normalized spacial score (nSPS) is 27.6. The third-order valence-electron chi connectivity index (χ3n) is 4.39. The Balaban J connectivity index is 1.58. The van der Waals surface area contributed by atoms with Crippen molar-refractivity contribution in [3.8, 4) is 0 Å². The van der Waals surface area contributed by atoms with Crippen LogP contribution in [0, 0.1) is 5.92 Å². The summed E-state index contributed by atoms with van der Waals surface area (Å²) < 4.78 is 0. The Morgan fingerprint density at radius 3 is 2.47 bits per heavy atom. The second-order valence-corrected chi connectivity index (χ2v) is 5.98. The first-order valence-electron chi connectivity index (χ1n) is 7.53. The summed E-state index contributed by atoms with van der Waals surface area (Å²) in [5, 5.41) is 3.12. The molecule has 0 aromatic carbocycles. The van der Waals surface area contributed by atoms with Gasteiger partial charge in [-0.15, -0.1) is 0 Å². The highest BCUT2D eigenvalue weighted by molar-refractivity contribution is 5.91. The number of carbonyl (C=O) groups is 2. The number of carbonyl (C=O) groups excluding carboxylic acids is 2. The van der Waals surface area contributed by atoms with Crippen LogP contribution >= 0.6 is 0 Å². The van der Waals surface area contributed by atoms with Gasteiger partial charge >= 0.3 is 0 Å². The van der Waals surface area contributed by atoms with Crippen LogP contribution in [0.25, 0.3) is 0 Å². The molecule has 0 saturated heterocycles. The fraction of sp³-hybridized carbons (Fsp3) is 0.733. The van der Waals surface area contributed by atoms with Crippen molar-refractivity contribution < 1.29 is 9.59 Å². The summed E-state index contributed by atoms with van der Waals surface area (Å²) >= 11 is 0. The number of hydrogen-bond acceptors (Lipinski definition) is 2. The van der Waals surface area contributed by atoms with Crippen LogP contribution < -0.4 is 5.32 Å². The minimum atomic E-state index is -0.366. The number of nitrogens with one attached hydrogen (secondary N) is 1. The zero-order valence-corrected chi connectivity index (χ0v) is 11.3. The quantitative estimate of drug-likeness (QED) is 0.786. The van der Waals surface area contributed by atoms with E-state index in [-0.39, 0.29) is 23.8 Å². The standard InChI is InChI=1S/C15H22N2O2/c18-14(16-12-5-2-1-3-6-12)13-7-4-10-17(13)15(19)11-8-9-11/h4,7,11-13H,1-3,5-6,8-10H2,(H,16,18)/t13-/m0/s1. The molecular weight excluding hydrogens is 240 g/mol. The highest BCUT2D eigenvalue weighted by Gasteiger charge is 2.39. The second-order valence-electron chi connectivity index (χ2n) is 5.98. The second kappa shape index (κ2) is 5.35. The topological polar surface area (TPSA) is 49.4 Å². The van der Waals surface area contributed by atoms with Crippen molar-refractivity contribution >= 4 is 11.8 Å². The summed E-state index contributed by atoms with van der Waals surface area (Å²) in [5.74, 6) is 0.355. The molecule has 2 aliphatic carbocycles. The number of amides is 2. The zero-order chi connectivity index (χ0) is 13.2. The Morgan fingerprint density at radius 1 is 1.05 bits per heavy atom. The van der Waals surface area contributed by atoms with Crippen LogP contribution in [0.5, 0.6) is 0 Å². The van der Waals surface area contributed by atoms with Crippen LogP contribution in [-0.4, -0.2) is 35.3 Å². The van der Waals surface area contributed by atoms with Gasteiger partial charge in [0.15, 0.2) is 0 Å². The summed E-state index contributed by atoms with van der Waals surface area (Å²) in [7, 11) is 0. The van der Waals surface area contributed by atoms with Crippen molar-refractivity contribution in [3.05, 3.63) is 12.2 Å². The molecule has 2 amide bonds. The highest BCUT2D eigenvalue weighted by atomic mass is 16.2. The maximum atomic E-state index is 12.3. The van der Waals surface area contributed by atoms with Gasteiger partial charge in [-0.25, -0.2) is 0 Å². The van der Waals surface area contributed by atoms with Crippen LogP contribution in [0.15, 0.2) is 12.2 Å². The lowest BCUT2D eigenvalue weighted by Crippen LogP contribution is -2.49. The molecule has 1 heterocycles. The Kier molecular flexibility index (Phi) is 3.58. The largest absolute Gasteiger partial charge is 0.351 e. The van der Waals surface area contributed by atoms with E-state index in [9.17, 15) is 9.59 Å². The molecule has 0 spiro atoms. The van der Waals surface area contributed by atoms with Gasteiger partial charge in [0.1, 0.15) is 6.04 Å². The fourth-order valence-electron chi connectivity index (χ4n) is 3.08. The maximum Gasteiger partial charge on any atom is 0.247 e. The first-order valence-corrected chi connectivity index (χ1v) is 7.53. The molecule has 3 aliphatic rings. The Bertz CT molecular complexity index is 395. The molecule has 0 aromatic heterocycles. The Hall–Kier alpha value is -1.32. The van der Waals surface area contributed by atoms with Gasteiger partial charge in [0.25, 0.3) is 0 Å². The first kappa shape index (κ1) is 12.7. The zero-order valence-electron chi connectivity index (χ0n) is 11.3. The molecule has 4 heteroatoms. The molecule has 104 valence electrons. The van der Waals surface area contributed by atoms with Gasteiger partial charge in [-0.2, -0.15) is 0 Å². The van der Waals surface area contributed by atoms with Crippen molar-refractivity contribution in [2.75, 3.05) is 6.54 Å². The molecule has 1 N–H and O–H groups in total. The predicted molar refractivity (Wildman–Crippen MR) is 72.4 cm³/mol. The molecule has 4 nitrogen and oxygen atoms in total. The molecular formula is C15H22N2O2. The van der Waals surface area contributed by atoms with E-state index in [4.69, 9.17) is 0 Å². The van der Waals surface area contributed by atoms with Gasteiger partial charge in [0.05, 0.1) is 0 Å². The molecule has 2 fully saturated rings. The molecule has 3 rings (SSSR count). The van der Waals surface area contributed by atoms with E-state index in [1.807, 2.05) is 12.2 Å². The maximum absolute atomic E-state index is 12.3. The van der Waals surface area contributed by atoms with E-state index in [0.717, 1.165) is 25.7 Å². The average Bonchev–Trinajstić information content (AvgIpc) is 3.16. The molecule has 19 heavy (non-hydrogen) atoms. The lowest BCUT2D eigenvalue weighted by Gasteiger charge is -2.28. The minimum absolute atomic E-state index is 0.00894. The fourth-order valence-corrected chi connectivity index (χ4v) is 3.08. The van der Waals surface area contributed by atoms with Gasteiger partial charge in [-0.1, -0.05) is 31.4 Å². The van der Waals surface area contributed by atoms with Crippen LogP contribution in [0.2, 0.25) is 0 Å². The van der Waals surface area contributed by atoms with E-state index in [2.05, 4.69) is 5.32 Å². The molecule has 1 atom stereocenters. The lowest BCUT2D eigenvalue weighted by molar-refractivity contribution is -0.138. The molecule has 0 radical (unpaired) electrons. The molecule has 0 aromatic rings. The summed E-state index contributed by atoms with van der Waals surface area (Å²) in [6.07, 6.45) is 11.6. The summed E-state index contributed by atoms with van der Waals surface area (Å²) in [5.41, 5.74) is 0. The predicted octanol–water partition coefficient (Wildman–Crippen LogP) is 1.61. The highest BCUT2D eigenvalue weighted by Crippen LogP contribution is 2.32. The van der Waals surface area contributed by atoms with Crippen LogP contribution in [-0.2, 0) is 9.59 Å². The van der Waals surface area contributed by atoms with Gasteiger partial charge in [0, 0.05) is 18.5 Å². The Morgan fingerprint density at radius 2 is 1.79 bits per heavy atom. The first-order chi connectivity index (χ1) is 9.25. The van der Waals surface area contributed by atoms with Crippen molar-refractivity contribution in [1.29, 1.82) is 0 Å². The van der Waals surface area contributed by atoms with E-state index < -0.39 is 0 Å². The van der Waals surface area contributed by atoms with Crippen molar-refractivity contribution in [1.82, 2.24) is 10.2 Å². The number of nitrogens with zero attached hydrogens (tertiary/aromatic N) is 1. The third-order valence-corrected chi connectivity index (χ3v) is 4.39. The van der Waals surface area contributed by atoms with Gasteiger partial charge in [-0.05, 0) is 25.7 Å². The number of hydrogen-bond donors (Lipinski definition) is 1. The van der Waals surface area contributed by atoms with Crippen molar-refractivity contribution in [2.24, 2.45) is 5.92 Å². The van der Waals surface area contributed by atoms with Crippen LogP contribution in [0.4, 0.5) is 0 Å². The van der Waals surface area contributed by atoms with Crippen LogP contribution in [0.1, 0.15) is 44.9 Å². The van der Waals surface area contributed by atoms with Gasteiger partial charge in [-0.3, -0.25) is 9.59 Å². The Labute approximate surface area is 114 Å². The van der Waals surface area contributed by atoms with Gasteiger partial charge < -0.3 is 10.2 Å². The summed E-state index contributed by atoms with van der Waals surface area (Å²) in [6, 6.07) is -0.0526. The molecule has 0 bridgehead atoms. The van der Waals surface area contributed by atoms with Crippen molar-refractivity contribution in [2.45, 2.75) is 57.0 Å². The minimum Gasteiger partial charge on any atom is -0.351 e. The third kappa shape index (κ3) is 2.82. The molecule has 1 aliphatic heterocycles. The smallest absolute Gasteiger partial charge is 0.247 e. The van der Waals surface area contributed by atoms with Gasteiger partial charge in [0.2, 0.25) is 11.8 Å². The average molecular weight is 262 g/mol. The van der Waals surface area contributed by atoms with Crippen molar-refractivity contribution in [3.63, 3.8) is 0 Å². The van der Waals surface area contributed by atoms with Crippen LogP contribution in [0.3, 0.4) is 0 Å². The van der Waals surface area contributed by atoms with E-state index in [1.165, 1.54) is 19.3 Å². The van der Waals surface area contributed by atoms with E-state index in [1.54, 1.807) is 4.90 Å². The molecule has 0 unspecified atom stereocenters. The summed E-state index contributed by atoms with van der Waals surface area (Å²) in [4.78, 5) is 26.2. The summed E-state index contributed by atoms with van der Waals surface area (Å²) in [6.45, 7) is 0.595. The lowest BCUT2D eigenvalue weighted by atomic mass is 9.95. The van der Waals surface area contributed by atoms with E-state index in [0.29, 0.717) is 12.6 Å². The van der Waals surface area contributed by atoms with E-state index >= 15 is 0 Å². The molecule has 2 saturated carbocycles. The monoisotopic (exact) mass is 262 g/mol. The number of rotatable bonds is 3. The SMILES string of the molecule is O=C(NC1CCCCC1)[C@@H]1C=CCN1C(=O)C1CC1.